The highest BCUT2D eigenvalue weighted by atomic mass is 19.4. The highest BCUT2D eigenvalue weighted by Gasteiger charge is 2.34. The van der Waals surface area contributed by atoms with Gasteiger partial charge in [-0.25, -0.2) is 4.39 Å². The van der Waals surface area contributed by atoms with E-state index < -0.39 is 35.7 Å². The number of hydrogen-bond acceptors (Lipinski definition) is 3. The van der Waals surface area contributed by atoms with E-state index in [2.05, 4.69) is 26.9 Å². The summed E-state index contributed by atoms with van der Waals surface area (Å²) in [6.45, 7) is 2.70. The highest BCUT2D eigenvalue weighted by Crippen LogP contribution is 2.29. The van der Waals surface area contributed by atoms with E-state index >= 15 is 0 Å². The number of aliphatic hydroxyl groups is 1. The van der Waals surface area contributed by atoms with Crippen LogP contribution in [0.5, 0.6) is 5.75 Å². The van der Waals surface area contributed by atoms with Crippen molar-refractivity contribution in [3.05, 3.63) is 100 Å². The third-order valence-corrected chi connectivity index (χ3v) is 5.98. The monoisotopic (exact) mass is 524 g/mol. The molecule has 1 atom stereocenters. The lowest BCUT2D eigenvalue weighted by Gasteiger charge is -2.29. The average Bonchev–Trinajstić information content (AvgIpc) is 3.26. The number of fused-ring (bicyclic) bond motifs is 1. The summed E-state index contributed by atoms with van der Waals surface area (Å²) < 4.78 is 56.8. The lowest BCUT2D eigenvalue weighted by Crippen LogP contribution is -2.50. The first-order valence-electron chi connectivity index (χ1n) is 11.6. The number of rotatable bonds is 6. The number of aliphatic hydroxyl groups excluding tert-OH is 1. The number of alkyl halides is 3. The molecule has 0 saturated heterocycles. The number of aromatic nitrogens is 1. The Labute approximate surface area is 216 Å². The molecule has 0 radical (unpaired) electrons. The summed E-state index contributed by atoms with van der Waals surface area (Å²) in [5.74, 6) is 3.63. The van der Waals surface area contributed by atoms with Gasteiger partial charge in [-0.05, 0) is 73.9 Å². The molecule has 0 aliphatic heterocycles. The Kier molecular flexibility index (Phi) is 7.46. The van der Waals surface area contributed by atoms with E-state index in [1.165, 1.54) is 30.3 Å². The normalized spacial score (nSPS) is 12.9. The maximum Gasteiger partial charge on any atom is 0.573 e. The second-order valence-corrected chi connectivity index (χ2v) is 9.18. The quantitative estimate of drug-likeness (QED) is 0.226. The third kappa shape index (κ3) is 6.33. The molecule has 1 heterocycles. The summed E-state index contributed by atoms with van der Waals surface area (Å²) in [7, 11) is 0. The Morgan fingerprint density at radius 3 is 2.42 bits per heavy atom. The van der Waals surface area contributed by atoms with Crippen LogP contribution in [0.1, 0.15) is 39.5 Å². The molecule has 5 nitrogen and oxygen atoms in total. The fraction of sp³-hybridized carbons (Fsp3) is 0.207. The molecular formula is C29H24F4N2O3. The van der Waals surface area contributed by atoms with Gasteiger partial charge in [0.25, 0.3) is 5.91 Å². The van der Waals surface area contributed by atoms with Crippen LogP contribution in [-0.4, -0.2) is 34.5 Å². The number of carbonyl (C=O) groups is 1. The van der Waals surface area contributed by atoms with Gasteiger partial charge in [0.1, 0.15) is 11.6 Å². The molecule has 0 spiro atoms. The number of ether oxygens (including phenoxy) is 1. The molecule has 0 saturated carbocycles. The summed E-state index contributed by atoms with van der Waals surface area (Å²) in [5.41, 5.74) is 1.22. The van der Waals surface area contributed by atoms with E-state index in [0.29, 0.717) is 11.1 Å². The molecule has 0 bridgehead atoms. The van der Waals surface area contributed by atoms with Crippen LogP contribution in [0.3, 0.4) is 0 Å². The fourth-order valence-electron chi connectivity index (χ4n) is 4.04. The lowest BCUT2D eigenvalue weighted by molar-refractivity contribution is -0.274. The number of aromatic amines is 1. The highest BCUT2D eigenvalue weighted by molar-refractivity contribution is 5.98. The van der Waals surface area contributed by atoms with Crippen molar-refractivity contribution in [3.63, 3.8) is 0 Å². The first-order chi connectivity index (χ1) is 18.0. The van der Waals surface area contributed by atoms with Crippen molar-refractivity contribution in [1.82, 2.24) is 10.3 Å². The molecule has 1 amide bonds. The molecule has 38 heavy (non-hydrogen) atoms. The van der Waals surface area contributed by atoms with Crippen LogP contribution < -0.4 is 10.1 Å². The first-order valence-corrected chi connectivity index (χ1v) is 11.6. The zero-order valence-corrected chi connectivity index (χ0v) is 20.5. The Morgan fingerprint density at radius 2 is 1.74 bits per heavy atom. The number of amides is 1. The van der Waals surface area contributed by atoms with Gasteiger partial charge >= 0.3 is 6.36 Å². The molecule has 0 aliphatic rings. The van der Waals surface area contributed by atoms with Gasteiger partial charge in [0, 0.05) is 28.2 Å². The summed E-state index contributed by atoms with van der Waals surface area (Å²) in [4.78, 5) is 16.4. The van der Waals surface area contributed by atoms with Crippen molar-refractivity contribution in [1.29, 1.82) is 0 Å². The number of carbonyl (C=O) groups excluding carboxylic acids is 1. The van der Waals surface area contributed by atoms with E-state index in [1.807, 2.05) is 24.3 Å². The van der Waals surface area contributed by atoms with E-state index in [0.717, 1.165) is 22.5 Å². The van der Waals surface area contributed by atoms with Crippen molar-refractivity contribution in [2.75, 3.05) is 6.61 Å². The van der Waals surface area contributed by atoms with Crippen LogP contribution in [0.4, 0.5) is 17.6 Å². The maximum atomic E-state index is 13.5. The Morgan fingerprint density at radius 1 is 1.05 bits per heavy atom. The summed E-state index contributed by atoms with van der Waals surface area (Å²) in [5, 5.41) is 13.7. The topological polar surface area (TPSA) is 74.3 Å². The van der Waals surface area contributed by atoms with E-state index in [4.69, 9.17) is 0 Å². The van der Waals surface area contributed by atoms with E-state index in [1.54, 1.807) is 20.0 Å². The molecule has 0 fully saturated rings. The molecule has 0 aliphatic carbocycles. The zero-order valence-electron chi connectivity index (χ0n) is 20.5. The molecule has 4 rings (SSSR count). The predicted molar refractivity (Wildman–Crippen MR) is 135 cm³/mol. The van der Waals surface area contributed by atoms with Crippen LogP contribution in [0.2, 0.25) is 0 Å². The van der Waals surface area contributed by atoms with Crippen LogP contribution in [0, 0.1) is 24.6 Å². The molecule has 3 N–H and O–H groups in total. The minimum Gasteiger partial charge on any atom is -0.405 e. The number of H-pyrrole nitrogens is 1. The van der Waals surface area contributed by atoms with Crippen LogP contribution in [0.25, 0.3) is 10.9 Å². The second kappa shape index (κ2) is 10.6. The predicted octanol–water partition coefficient (Wildman–Crippen LogP) is 5.64. The number of halogens is 4. The van der Waals surface area contributed by atoms with Gasteiger partial charge in [-0.1, -0.05) is 30.0 Å². The molecule has 1 unspecified atom stereocenters. The molecule has 9 heteroatoms. The number of aryl methyl sites for hydroxylation is 1. The Hall–Kier alpha value is -4.29. The zero-order chi connectivity index (χ0) is 27.5. The standard InChI is InChI=1S/C29H24F4N2O3/c1-18-13-19(9-11-24(18)30)7-8-20-10-12-26(38-29(31,32)33)23(14-20)27(37)35-28(2,17-36)15-21-16-34-25-6-4-3-5-22(21)25/h3-6,9-14,16,34,36H,15,17H2,1-2H3,(H,35,37). The molecule has 1 aromatic heterocycles. The van der Waals surface area contributed by atoms with Crippen LogP contribution in [-0.2, 0) is 6.42 Å². The number of nitrogens with one attached hydrogen (secondary N) is 2. The summed E-state index contributed by atoms with van der Waals surface area (Å²) in [6.07, 6.45) is -3.06. The van der Waals surface area contributed by atoms with Gasteiger partial charge in [-0.15, -0.1) is 13.2 Å². The Bertz CT molecular complexity index is 1550. The van der Waals surface area contributed by atoms with E-state index in [-0.39, 0.29) is 17.8 Å². The Balaban J connectivity index is 1.64. The summed E-state index contributed by atoms with van der Waals surface area (Å²) in [6, 6.07) is 15.3. The van der Waals surface area contributed by atoms with Crippen molar-refractivity contribution >= 4 is 16.8 Å². The first kappa shape index (κ1) is 26.8. The van der Waals surface area contributed by atoms with Crippen LogP contribution >= 0.6 is 0 Å². The van der Waals surface area contributed by atoms with Gasteiger partial charge < -0.3 is 20.1 Å². The third-order valence-electron chi connectivity index (χ3n) is 5.98. The average molecular weight is 525 g/mol. The van der Waals surface area contributed by atoms with Gasteiger partial charge in [0.05, 0.1) is 17.7 Å². The minimum atomic E-state index is -5.03. The molecule has 4 aromatic rings. The molecular weight excluding hydrogens is 500 g/mol. The second-order valence-electron chi connectivity index (χ2n) is 9.18. The smallest absolute Gasteiger partial charge is 0.405 e. The fourth-order valence-corrected chi connectivity index (χ4v) is 4.04. The van der Waals surface area contributed by atoms with Crippen molar-refractivity contribution in [2.45, 2.75) is 32.2 Å². The molecule has 196 valence electrons. The van der Waals surface area contributed by atoms with Gasteiger partial charge in [0.15, 0.2) is 0 Å². The van der Waals surface area contributed by atoms with Gasteiger partial charge in [0.2, 0.25) is 0 Å². The molecule has 3 aromatic carbocycles. The lowest BCUT2D eigenvalue weighted by atomic mass is 9.92. The van der Waals surface area contributed by atoms with Crippen molar-refractivity contribution in [3.8, 4) is 17.6 Å². The van der Waals surface area contributed by atoms with Crippen LogP contribution in [0.15, 0.2) is 66.9 Å². The van der Waals surface area contributed by atoms with E-state index in [9.17, 15) is 27.5 Å². The van der Waals surface area contributed by atoms with Gasteiger partial charge in [-0.3, -0.25) is 4.79 Å². The summed E-state index contributed by atoms with van der Waals surface area (Å²) >= 11 is 0. The maximum absolute atomic E-state index is 13.5. The van der Waals surface area contributed by atoms with Gasteiger partial charge in [-0.2, -0.15) is 0 Å². The van der Waals surface area contributed by atoms with Crippen molar-refractivity contribution < 1.29 is 32.2 Å². The number of para-hydroxylation sites is 1. The largest absolute Gasteiger partial charge is 0.573 e. The van der Waals surface area contributed by atoms with Crippen molar-refractivity contribution in [2.24, 2.45) is 0 Å². The number of hydrogen-bond donors (Lipinski definition) is 3. The number of benzene rings is 3. The SMILES string of the molecule is Cc1cc(C#Cc2ccc(OC(F)(F)F)c(C(=O)NC(C)(CO)Cc3c[nH]c4ccccc34)c2)ccc1F. The minimum absolute atomic E-state index is 0.206.